The second-order valence-electron chi connectivity index (χ2n) is 5.81. The summed E-state index contributed by atoms with van der Waals surface area (Å²) in [5, 5.41) is 11.0. The fraction of sp³-hybridized carbons (Fsp3) is 0.200. The molecule has 1 atom stereocenters. The van der Waals surface area contributed by atoms with Gasteiger partial charge in [-0.3, -0.25) is 4.99 Å². The van der Waals surface area contributed by atoms with Crippen molar-refractivity contribution in [3.05, 3.63) is 59.8 Å². The van der Waals surface area contributed by atoms with Gasteiger partial charge in [-0.15, -0.1) is 0 Å². The van der Waals surface area contributed by atoms with Gasteiger partial charge in [0.15, 0.2) is 6.04 Å². The minimum absolute atomic E-state index is 0.0604. The molecule has 0 bridgehead atoms. The van der Waals surface area contributed by atoms with E-state index in [0.29, 0.717) is 17.7 Å². The molecule has 1 aromatic heterocycles. The lowest BCUT2D eigenvalue weighted by molar-refractivity contribution is -0.142. The maximum Gasteiger partial charge on any atom is 0.330 e. The molecular weight excluding hydrogens is 332 g/mol. The highest BCUT2D eigenvalue weighted by Crippen LogP contribution is 2.23. The van der Waals surface area contributed by atoms with Gasteiger partial charge in [0.2, 0.25) is 0 Å². The van der Waals surface area contributed by atoms with Gasteiger partial charge >= 0.3 is 5.97 Å². The molecule has 26 heavy (non-hydrogen) atoms. The highest BCUT2D eigenvalue weighted by Gasteiger charge is 2.20. The number of aromatic hydroxyl groups is 1. The number of hydrogen-bond acceptors (Lipinski definition) is 5. The Labute approximate surface area is 151 Å². The number of nitrogens with one attached hydrogen (secondary N) is 1. The number of aromatic amines is 1. The van der Waals surface area contributed by atoms with Crippen LogP contribution < -0.4 is 4.74 Å². The minimum atomic E-state index is -0.718. The average Bonchev–Trinajstić information content (AvgIpc) is 3.08. The van der Waals surface area contributed by atoms with E-state index in [9.17, 15) is 9.90 Å². The third kappa shape index (κ3) is 3.69. The van der Waals surface area contributed by atoms with Crippen molar-refractivity contribution >= 4 is 23.1 Å². The molecule has 0 saturated heterocycles. The number of ether oxygens (including phenoxy) is 2. The number of phenolic OH excluding ortho intramolecular Hbond substituents is 1. The Kier molecular flexibility index (Phi) is 5.22. The van der Waals surface area contributed by atoms with Crippen molar-refractivity contribution in [3.8, 4) is 11.5 Å². The second-order valence-corrected chi connectivity index (χ2v) is 5.81. The highest BCUT2D eigenvalue weighted by atomic mass is 16.5. The fourth-order valence-electron chi connectivity index (χ4n) is 2.77. The van der Waals surface area contributed by atoms with Crippen LogP contribution in [0.1, 0.15) is 11.1 Å². The molecule has 0 spiro atoms. The molecule has 6 heteroatoms. The summed E-state index contributed by atoms with van der Waals surface area (Å²) < 4.78 is 10.0. The van der Waals surface area contributed by atoms with E-state index < -0.39 is 12.0 Å². The van der Waals surface area contributed by atoms with E-state index in [-0.39, 0.29) is 5.75 Å². The number of methoxy groups -OCH3 is 2. The number of carbonyl (C=O) groups excluding carboxylic acids is 1. The number of benzene rings is 2. The van der Waals surface area contributed by atoms with Gasteiger partial charge in [0.05, 0.1) is 14.2 Å². The lowest BCUT2D eigenvalue weighted by Gasteiger charge is -2.10. The van der Waals surface area contributed by atoms with E-state index >= 15 is 0 Å². The molecule has 0 radical (unpaired) electrons. The van der Waals surface area contributed by atoms with Crippen LogP contribution in [-0.2, 0) is 16.0 Å². The van der Waals surface area contributed by atoms with E-state index in [0.717, 1.165) is 16.5 Å². The van der Waals surface area contributed by atoms with Crippen LogP contribution in [-0.4, -0.2) is 42.5 Å². The van der Waals surface area contributed by atoms with Crippen LogP contribution in [0.2, 0.25) is 0 Å². The Morgan fingerprint density at radius 2 is 2.08 bits per heavy atom. The molecule has 3 rings (SSSR count). The molecule has 3 aromatic rings. The van der Waals surface area contributed by atoms with Gasteiger partial charge in [-0.05, 0) is 29.8 Å². The van der Waals surface area contributed by atoms with Crippen molar-refractivity contribution in [3.63, 3.8) is 0 Å². The van der Waals surface area contributed by atoms with Gasteiger partial charge in [-0.1, -0.05) is 18.2 Å². The Morgan fingerprint density at radius 1 is 1.27 bits per heavy atom. The number of fused-ring (bicyclic) bond motifs is 1. The molecule has 0 unspecified atom stereocenters. The first kappa shape index (κ1) is 17.5. The first-order chi connectivity index (χ1) is 12.6. The van der Waals surface area contributed by atoms with E-state index in [1.165, 1.54) is 19.4 Å². The van der Waals surface area contributed by atoms with Gasteiger partial charge in [0, 0.05) is 35.3 Å². The molecule has 1 heterocycles. The van der Waals surface area contributed by atoms with Crippen LogP contribution in [0.25, 0.3) is 10.9 Å². The van der Waals surface area contributed by atoms with Crippen LogP contribution in [0.3, 0.4) is 0 Å². The van der Waals surface area contributed by atoms with Gasteiger partial charge in [0.1, 0.15) is 11.5 Å². The summed E-state index contributed by atoms with van der Waals surface area (Å²) in [6.45, 7) is 0. The molecule has 0 aliphatic rings. The Balaban J connectivity index is 1.88. The number of nitrogens with zero attached hydrogens (tertiary/aromatic N) is 1. The zero-order valence-corrected chi connectivity index (χ0v) is 14.6. The van der Waals surface area contributed by atoms with Crippen molar-refractivity contribution in [2.45, 2.75) is 12.5 Å². The summed E-state index contributed by atoms with van der Waals surface area (Å²) in [7, 11) is 2.88. The van der Waals surface area contributed by atoms with Crippen LogP contribution in [0.5, 0.6) is 11.5 Å². The van der Waals surface area contributed by atoms with Gasteiger partial charge in [-0.25, -0.2) is 4.79 Å². The Bertz CT molecular complexity index is 946. The SMILES string of the molecule is COC(=O)[C@@H](Cc1c[nH]c2ccccc12)N=Cc1cc(OC)ccc1O. The summed E-state index contributed by atoms with van der Waals surface area (Å²) in [5.74, 6) is 0.217. The maximum absolute atomic E-state index is 12.2. The molecule has 0 fully saturated rings. The smallest absolute Gasteiger partial charge is 0.330 e. The lowest BCUT2D eigenvalue weighted by Crippen LogP contribution is -2.23. The standard InChI is InChI=1S/C20H20N2O4/c1-25-15-7-8-19(23)14(9-15)12-22-18(20(24)26-2)10-13-11-21-17-6-4-3-5-16(13)17/h3-9,11-12,18,21,23H,10H2,1-2H3/t18-/m1/s1. The summed E-state index contributed by atoms with van der Waals surface area (Å²) >= 11 is 0. The van der Waals surface area contributed by atoms with Crippen LogP contribution in [0, 0.1) is 0 Å². The van der Waals surface area contributed by atoms with Crippen molar-refractivity contribution in [1.82, 2.24) is 4.98 Å². The monoisotopic (exact) mass is 352 g/mol. The molecule has 2 N–H and O–H groups in total. The summed E-state index contributed by atoms with van der Waals surface area (Å²) in [6, 6.07) is 12.0. The minimum Gasteiger partial charge on any atom is -0.507 e. The molecule has 0 amide bonds. The second kappa shape index (κ2) is 7.74. The molecule has 0 aliphatic carbocycles. The van der Waals surface area contributed by atoms with Crippen molar-refractivity contribution in [2.75, 3.05) is 14.2 Å². The molecule has 0 aliphatic heterocycles. The summed E-state index contributed by atoms with van der Waals surface area (Å²) in [5.41, 5.74) is 2.45. The summed E-state index contributed by atoms with van der Waals surface area (Å²) in [4.78, 5) is 19.7. The number of hydrogen-bond donors (Lipinski definition) is 2. The number of rotatable bonds is 6. The number of esters is 1. The zero-order chi connectivity index (χ0) is 18.5. The number of H-pyrrole nitrogens is 1. The topological polar surface area (TPSA) is 83.9 Å². The molecule has 2 aromatic carbocycles. The predicted molar refractivity (Wildman–Crippen MR) is 100 cm³/mol. The van der Waals surface area contributed by atoms with Gasteiger partial charge in [0.25, 0.3) is 0 Å². The van der Waals surface area contributed by atoms with Gasteiger partial charge in [-0.2, -0.15) is 0 Å². The third-order valence-corrected chi connectivity index (χ3v) is 4.19. The van der Waals surface area contributed by atoms with Gasteiger partial charge < -0.3 is 19.6 Å². The van der Waals surface area contributed by atoms with E-state index in [4.69, 9.17) is 9.47 Å². The maximum atomic E-state index is 12.2. The van der Waals surface area contributed by atoms with Crippen molar-refractivity contribution < 1.29 is 19.4 Å². The third-order valence-electron chi connectivity index (χ3n) is 4.19. The number of phenols is 1. The molecule has 6 nitrogen and oxygen atoms in total. The van der Waals surface area contributed by atoms with Crippen LogP contribution >= 0.6 is 0 Å². The quantitative estimate of drug-likeness (QED) is 0.527. The normalized spacial score (nSPS) is 12.4. The number of carbonyl (C=O) groups is 1. The van der Waals surface area contributed by atoms with Crippen LogP contribution in [0.4, 0.5) is 0 Å². The zero-order valence-electron chi connectivity index (χ0n) is 14.6. The van der Waals surface area contributed by atoms with Crippen LogP contribution in [0.15, 0.2) is 53.7 Å². The predicted octanol–water partition coefficient (Wildman–Crippen LogP) is 3.09. The first-order valence-electron chi connectivity index (χ1n) is 8.15. The summed E-state index contributed by atoms with van der Waals surface area (Å²) in [6.07, 6.45) is 3.73. The Morgan fingerprint density at radius 3 is 2.85 bits per heavy atom. The largest absolute Gasteiger partial charge is 0.507 e. The number of para-hydroxylation sites is 1. The van der Waals surface area contributed by atoms with Crippen molar-refractivity contribution in [2.24, 2.45) is 4.99 Å². The highest BCUT2D eigenvalue weighted by molar-refractivity contribution is 5.88. The first-order valence-corrected chi connectivity index (χ1v) is 8.15. The van der Waals surface area contributed by atoms with Crippen molar-refractivity contribution in [1.29, 1.82) is 0 Å². The Hall–Kier alpha value is -3.28. The molecule has 134 valence electrons. The molecular formula is C20H20N2O4. The number of aliphatic imine (C=N–C) groups is 1. The fourth-order valence-corrected chi connectivity index (χ4v) is 2.77. The number of aromatic nitrogens is 1. The average molecular weight is 352 g/mol. The van der Waals surface area contributed by atoms with E-state index in [1.54, 1.807) is 19.2 Å². The lowest BCUT2D eigenvalue weighted by atomic mass is 10.1. The van der Waals surface area contributed by atoms with E-state index in [1.807, 2.05) is 30.5 Å². The molecule has 0 saturated carbocycles. The van der Waals surface area contributed by atoms with E-state index in [2.05, 4.69) is 9.98 Å².